The highest BCUT2D eigenvalue weighted by Gasteiger charge is 2.20. The van der Waals surface area contributed by atoms with Crippen molar-refractivity contribution in [1.82, 2.24) is 4.90 Å². The van der Waals surface area contributed by atoms with Gasteiger partial charge in [-0.25, -0.2) is 0 Å². The number of nitrogens with one attached hydrogen (secondary N) is 1. The van der Waals surface area contributed by atoms with E-state index in [0.717, 1.165) is 0 Å². The van der Waals surface area contributed by atoms with E-state index < -0.39 is 10.8 Å². The molecule has 9 heteroatoms. The average molecular weight is 332 g/mol. The minimum atomic E-state index is -0.543. The zero-order valence-corrected chi connectivity index (χ0v) is 13.0. The van der Waals surface area contributed by atoms with E-state index in [1.54, 1.807) is 0 Å². The third-order valence-electron chi connectivity index (χ3n) is 3.42. The summed E-state index contributed by atoms with van der Waals surface area (Å²) in [6.45, 7) is 1.68. The molecular weight excluding hydrogens is 316 g/mol. The minimum Gasteiger partial charge on any atom is -0.495 e. The molecule has 1 aromatic carbocycles. The number of carbonyl (C=O) groups is 1. The van der Waals surface area contributed by atoms with Gasteiger partial charge in [0.05, 0.1) is 30.9 Å². The summed E-state index contributed by atoms with van der Waals surface area (Å²) in [6.07, 6.45) is 1.22. The van der Waals surface area contributed by atoms with Crippen molar-refractivity contribution < 1.29 is 19.2 Å². The molecule has 1 aromatic rings. The van der Waals surface area contributed by atoms with Gasteiger partial charge in [-0.2, -0.15) is 5.26 Å². The number of benzene rings is 1. The van der Waals surface area contributed by atoms with E-state index in [9.17, 15) is 20.2 Å². The third kappa shape index (κ3) is 3.99. The Morgan fingerprint density at radius 2 is 2.21 bits per heavy atom. The monoisotopic (exact) mass is 332 g/mol. The predicted molar refractivity (Wildman–Crippen MR) is 84.4 cm³/mol. The molecule has 9 nitrogen and oxygen atoms in total. The van der Waals surface area contributed by atoms with Gasteiger partial charge in [0.1, 0.15) is 17.4 Å². The lowest BCUT2D eigenvalue weighted by atomic mass is 10.2. The van der Waals surface area contributed by atoms with Crippen LogP contribution in [-0.2, 0) is 9.53 Å². The van der Waals surface area contributed by atoms with Crippen molar-refractivity contribution in [3.63, 3.8) is 0 Å². The number of nitrogens with zero attached hydrogens (tertiary/aromatic N) is 3. The van der Waals surface area contributed by atoms with Gasteiger partial charge in [0.25, 0.3) is 11.6 Å². The highest BCUT2D eigenvalue weighted by molar-refractivity contribution is 5.97. The maximum Gasteiger partial charge on any atom is 0.271 e. The standard InChI is InChI=1S/C15H16N4O5/c1-23-14-3-2-12(19(21)22)8-13(14)17-10-11(9-16)15(20)18-4-6-24-7-5-18/h2-3,8,10,17H,4-7H2,1H3/b11-10-. The van der Waals surface area contributed by atoms with E-state index >= 15 is 0 Å². The van der Waals surface area contributed by atoms with E-state index in [4.69, 9.17) is 9.47 Å². The molecule has 0 atom stereocenters. The lowest BCUT2D eigenvalue weighted by molar-refractivity contribution is -0.384. The van der Waals surface area contributed by atoms with Crippen LogP contribution in [0.2, 0.25) is 0 Å². The number of nitro groups is 1. The van der Waals surface area contributed by atoms with Crippen molar-refractivity contribution in [2.45, 2.75) is 0 Å². The SMILES string of the molecule is COc1ccc([N+](=O)[O-])cc1N/C=C(/C#N)C(=O)N1CCOCC1. The molecule has 1 heterocycles. The molecule has 1 saturated heterocycles. The summed E-state index contributed by atoms with van der Waals surface area (Å²) in [5, 5.41) is 22.8. The van der Waals surface area contributed by atoms with Crippen LogP contribution in [0.15, 0.2) is 30.0 Å². The van der Waals surface area contributed by atoms with E-state index in [1.165, 1.54) is 36.4 Å². The van der Waals surface area contributed by atoms with Crippen LogP contribution in [0.1, 0.15) is 0 Å². The Labute approximate surface area is 138 Å². The minimum absolute atomic E-state index is 0.106. The average Bonchev–Trinajstić information content (AvgIpc) is 2.62. The molecule has 0 saturated carbocycles. The topological polar surface area (TPSA) is 118 Å². The van der Waals surface area contributed by atoms with Crippen LogP contribution in [0.5, 0.6) is 5.75 Å². The number of hydrogen-bond donors (Lipinski definition) is 1. The zero-order valence-electron chi connectivity index (χ0n) is 13.0. The Morgan fingerprint density at radius 3 is 2.79 bits per heavy atom. The summed E-state index contributed by atoms with van der Waals surface area (Å²) < 4.78 is 10.3. The molecule has 1 N–H and O–H groups in total. The van der Waals surface area contributed by atoms with E-state index in [2.05, 4.69) is 5.32 Å². The summed E-state index contributed by atoms with van der Waals surface area (Å²) in [5.74, 6) is -0.0642. The molecule has 2 rings (SSSR count). The Bertz CT molecular complexity index is 704. The van der Waals surface area contributed by atoms with Gasteiger partial charge < -0.3 is 19.7 Å². The van der Waals surface area contributed by atoms with Crippen LogP contribution < -0.4 is 10.1 Å². The molecule has 0 unspecified atom stereocenters. The highest BCUT2D eigenvalue weighted by Crippen LogP contribution is 2.29. The fraction of sp³-hybridized carbons (Fsp3) is 0.333. The molecular formula is C15H16N4O5. The van der Waals surface area contributed by atoms with E-state index in [0.29, 0.717) is 32.1 Å². The van der Waals surface area contributed by atoms with Crippen LogP contribution >= 0.6 is 0 Å². The van der Waals surface area contributed by atoms with Crippen molar-refractivity contribution in [2.24, 2.45) is 0 Å². The first-order chi connectivity index (χ1) is 11.6. The Balaban J connectivity index is 2.20. The zero-order chi connectivity index (χ0) is 17.5. The molecule has 1 amide bonds. The van der Waals surface area contributed by atoms with Crippen LogP contribution in [0, 0.1) is 21.4 Å². The van der Waals surface area contributed by atoms with Gasteiger partial charge in [-0.1, -0.05) is 0 Å². The van der Waals surface area contributed by atoms with Crippen LogP contribution in [0.3, 0.4) is 0 Å². The van der Waals surface area contributed by atoms with Crippen LogP contribution in [0.4, 0.5) is 11.4 Å². The summed E-state index contributed by atoms with van der Waals surface area (Å²) >= 11 is 0. The van der Waals surface area contributed by atoms with Gasteiger partial charge in [0.2, 0.25) is 0 Å². The normalized spacial score (nSPS) is 14.7. The fourth-order valence-corrected chi connectivity index (χ4v) is 2.15. The first-order valence-electron chi connectivity index (χ1n) is 7.13. The van der Waals surface area contributed by atoms with Crippen LogP contribution in [0.25, 0.3) is 0 Å². The van der Waals surface area contributed by atoms with Gasteiger partial charge >= 0.3 is 0 Å². The fourth-order valence-electron chi connectivity index (χ4n) is 2.15. The van der Waals surface area contributed by atoms with Gasteiger partial charge in [-0.3, -0.25) is 14.9 Å². The number of morpholine rings is 1. The Kier molecular flexibility index (Phi) is 5.70. The van der Waals surface area contributed by atoms with Gasteiger partial charge in [0.15, 0.2) is 0 Å². The number of amides is 1. The van der Waals surface area contributed by atoms with Crippen molar-refractivity contribution in [1.29, 1.82) is 5.26 Å². The van der Waals surface area contributed by atoms with Crippen molar-refractivity contribution in [2.75, 3.05) is 38.7 Å². The number of methoxy groups -OCH3 is 1. The van der Waals surface area contributed by atoms with Gasteiger partial charge in [0, 0.05) is 31.4 Å². The molecule has 0 bridgehead atoms. The second-order valence-corrected chi connectivity index (χ2v) is 4.86. The summed E-state index contributed by atoms with van der Waals surface area (Å²) in [4.78, 5) is 24.1. The van der Waals surface area contributed by atoms with Crippen LogP contribution in [-0.4, -0.2) is 49.1 Å². The van der Waals surface area contributed by atoms with Crippen molar-refractivity contribution >= 4 is 17.3 Å². The van der Waals surface area contributed by atoms with Gasteiger partial charge in [-0.15, -0.1) is 0 Å². The Hall–Kier alpha value is -3.12. The molecule has 0 aliphatic carbocycles. The van der Waals surface area contributed by atoms with Gasteiger partial charge in [-0.05, 0) is 6.07 Å². The summed E-state index contributed by atoms with van der Waals surface area (Å²) in [5.41, 5.74) is 0.0457. The smallest absolute Gasteiger partial charge is 0.271 e. The number of anilines is 1. The molecule has 0 radical (unpaired) electrons. The third-order valence-corrected chi connectivity index (χ3v) is 3.42. The summed E-state index contributed by atoms with van der Waals surface area (Å²) in [6, 6.07) is 5.84. The highest BCUT2D eigenvalue weighted by atomic mass is 16.6. The lowest BCUT2D eigenvalue weighted by Crippen LogP contribution is -2.41. The quantitative estimate of drug-likeness (QED) is 0.373. The number of hydrogen-bond acceptors (Lipinski definition) is 7. The number of carbonyl (C=O) groups excluding carboxylic acids is 1. The second kappa shape index (κ2) is 7.94. The maximum atomic E-state index is 12.3. The number of non-ortho nitro benzene ring substituents is 1. The van der Waals surface area contributed by atoms with Crippen molar-refractivity contribution in [3.8, 4) is 11.8 Å². The molecule has 0 spiro atoms. The predicted octanol–water partition coefficient (Wildman–Crippen LogP) is 1.28. The number of nitro benzene ring substituents is 1. The molecule has 1 fully saturated rings. The molecule has 1 aliphatic rings. The number of ether oxygens (including phenoxy) is 2. The first-order valence-corrected chi connectivity index (χ1v) is 7.13. The first kappa shape index (κ1) is 17.2. The molecule has 24 heavy (non-hydrogen) atoms. The molecule has 1 aliphatic heterocycles. The lowest BCUT2D eigenvalue weighted by Gasteiger charge is -2.26. The number of nitriles is 1. The Morgan fingerprint density at radius 1 is 1.50 bits per heavy atom. The van der Waals surface area contributed by atoms with E-state index in [-0.39, 0.29) is 16.9 Å². The largest absolute Gasteiger partial charge is 0.495 e. The summed E-state index contributed by atoms with van der Waals surface area (Å²) in [7, 11) is 1.42. The molecule has 126 valence electrons. The number of rotatable bonds is 5. The van der Waals surface area contributed by atoms with E-state index in [1.807, 2.05) is 6.07 Å². The maximum absolute atomic E-state index is 12.3. The second-order valence-electron chi connectivity index (χ2n) is 4.86. The molecule has 0 aromatic heterocycles. The van der Waals surface area contributed by atoms with Crippen molar-refractivity contribution in [3.05, 3.63) is 40.1 Å².